The van der Waals surface area contributed by atoms with Crippen molar-refractivity contribution in [3.05, 3.63) is 65.2 Å². The van der Waals surface area contributed by atoms with Crippen LogP contribution in [0.3, 0.4) is 0 Å². The van der Waals surface area contributed by atoms with Gasteiger partial charge in [-0.25, -0.2) is 4.79 Å². The fraction of sp³-hybridized carbons (Fsp3) is 0.333. The van der Waals surface area contributed by atoms with E-state index in [1.165, 1.54) is 5.56 Å². The number of carbonyl (C=O) groups excluding carboxylic acids is 2. The first-order chi connectivity index (χ1) is 12.0. The van der Waals surface area contributed by atoms with Crippen LogP contribution in [0.25, 0.3) is 0 Å². The molecule has 130 valence electrons. The van der Waals surface area contributed by atoms with Crippen LogP contribution in [0.4, 0.5) is 5.69 Å². The van der Waals surface area contributed by atoms with Gasteiger partial charge in [-0.05, 0) is 42.5 Å². The zero-order chi connectivity index (χ0) is 17.8. The second-order valence-corrected chi connectivity index (χ2v) is 6.73. The third-order valence-corrected chi connectivity index (χ3v) is 4.80. The summed E-state index contributed by atoms with van der Waals surface area (Å²) >= 11 is 0. The van der Waals surface area contributed by atoms with E-state index in [1.54, 1.807) is 12.1 Å². The van der Waals surface area contributed by atoms with Crippen LogP contribution in [0.15, 0.2) is 48.5 Å². The Balaban J connectivity index is 1.53. The van der Waals surface area contributed by atoms with Gasteiger partial charge in [0.2, 0.25) is 5.91 Å². The molecule has 0 bridgehead atoms. The fourth-order valence-corrected chi connectivity index (χ4v) is 3.06. The fourth-order valence-electron chi connectivity index (χ4n) is 3.06. The Morgan fingerprint density at radius 3 is 2.64 bits per heavy atom. The number of anilines is 1. The lowest BCUT2D eigenvalue weighted by molar-refractivity contribution is -0.119. The topological polar surface area (TPSA) is 55.4 Å². The lowest BCUT2D eigenvalue weighted by Crippen LogP contribution is -2.21. The average Bonchev–Trinajstić information content (AvgIpc) is 3.00. The Labute approximate surface area is 148 Å². The first kappa shape index (κ1) is 17.2. The second kappa shape index (κ2) is 7.51. The van der Waals surface area contributed by atoms with E-state index in [4.69, 9.17) is 4.74 Å². The molecular formula is C21H23NO3. The van der Waals surface area contributed by atoms with Crippen molar-refractivity contribution in [1.82, 2.24) is 0 Å². The van der Waals surface area contributed by atoms with E-state index in [0.29, 0.717) is 17.2 Å². The molecule has 0 aliphatic carbocycles. The van der Waals surface area contributed by atoms with Gasteiger partial charge in [0, 0.05) is 17.2 Å². The number of amides is 1. The summed E-state index contributed by atoms with van der Waals surface area (Å²) in [4.78, 5) is 23.9. The highest BCUT2D eigenvalue weighted by Gasteiger charge is 2.22. The summed E-state index contributed by atoms with van der Waals surface area (Å²) in [6, 6.07) is 15.6. The van der Waals surface area contributed by atoms with E-state index < -0.39 is 0 Å². The number of hydrogen-bond acceptors (Lipinski definition) is 3. The summed E-state index contributed by atoms with van der Waals surface area (Å²) in [7, 11) is 0. The average molecular weight is 337 g/mol. The maximum atomic E-state index is 12.4. The van der Waals surface area contributed by atoms with Gasteiger partial charge in [0.1, 0.15) is 6.61 Å². The number of hydrogen-bond donors (Lipinski definition) is 1. The Morgan fingerprint density at radius 2 is 1.88 bits per heavy atom. The van der Waals surface area contributed by atoms with Crippen LogP contribution in [0.1, 0.15) is 54.1 Å². The second-order valence-electron chi connectivity index (χ2n) is 6.73. The van der Waals surface area contributed by atoms with Gasteiger partial charge < -0.3 is 10.1 Å². The largest absolute Gasteiger partial charge is 0.457 e. The maximum absolute atomic E-state index is 12.4. The minimum absolute atomic E-state index is 0.00505. The Morgan fingerprint density at radius 1 is 1.12 bits per heavy atom. The number of nitrogens with one attached hydrogen (secondary N) is 1. The third-order valence-electron chi connectivity index (χ3n) is 4.80. The molecule has 4 nitrogen and oxygen atoms in total. The molecule has 0 radical (unpaired) electrons. The molecule has 3 rings (SSSR count). The van der Waals surface area contributed by atoms with Gasteiger partial charge in [-0.2, -0.15) is 0 Å². The molecule has 2 aromatic carbocycles. The van der Waals surface area contributed by atoms with Crippen molar-refractivity contribution < 1.29 is 14.3 Å². The predicted molar refractivity (Wildman–Crippen MR) is 97.4 cm³/mol. The number of carbonyl (C=O) groups is 2. The smallest absolute Gasteiger partial charge is 0.338 e. The van der Waals surface area contributed by atoms with Gasteiger partial charge in [0.15, 0.2) is 0 Å². The van der Waals surface area contributed by atoms with Crippen molar-refractivity contribution >= 4 is 17.6 Å². The zero-order valence-corrected chi connectivity index (χ0v) is 14.6. The highest BCUT2D eigenvalue weighted by molar-refractivity contribution is 5.96. The van der Waals surface area contributed by atoms with Gasteiger partial charge in [-0.1, -0.05) is 44.2 Å². The molecule has 1 N–H and O–H groups in total. The van der Waals surface area contributed by atoms with E-state index in [0.717, 1.165) is 18.4 Å². The lowest BCUT2D eigenvalue weighted by atomic mass is 9.92. The van der Waals surface area contributed by atoms with Crippen molar-refractivity contribution in [1.29, 1.82) is 0 Å². The number of benzene rings is 2. The molecule has 1 amide bonds. The number of cyclic esters (lactones) is 1. The number of esters is 1. The van der Waals surface area contributed by atoms with Crippen LogP contribution in [0, 0.1) is 5.92 Å². The highest BCUT2D eigenvalue weighted by Crippen LogP contribution is 2.25. The minimum Gasteiger partial charge on any atom is -0.457 e. The SMILES string of the molecule is CC(CCC(C)c1ccccc1)C(=O)Nc1ccc2c(c1)COC2=O. The summed E-state index contributed by atoms with van der Waals surface area (Å²) in [6.45, 7) is 4.42. The summed E-state index contributed by atoms with van der Waals surface area (Å²) in [5.41, 5.74) is 3.43. The Hall–Kier alpha value is -2.62. The van der Waals surface area contributed by atoms with Crippen molar-refractivity contribution in [2.45, 2.75) is 39.2 Å². The van der Waals surface area contributed by atoms with Crippen LogP contribution in [0.5, 0.6) is 0 Å². The van der Waals surface area contributed by atoms with Crippen molar-refractivity contribution in [2.75, 3.05) is 5.32 Å². The minimum atomic E-state index is -0.295. The summed E-state index contributed by atoms with van der Waals surface area (Å²) in [5, 5.41) is 2.94. The monoisotopic (exact) mass is 337 g/mol. The molecule has 1 heterocycles. The van der Waals surface area contributed by atoms with Gasteiger partial charge in [0.05, 0.1) is 5.56 Å². The summed E-state index contributed by atoms with van der Waals surface area (Å²) in [6.07, 6.45) is 1.79. The molecular weight excluding hydrogens is 314 g/mol. The summed E-state index contributed by atoms with van der Waals surface area (Å²) < 4.78 is 4.99. The predicted octanol–water partition coefficient (Wildman–Crippen LogP) is 4.52. The van der Waals surface area contributed by atoms with Crippen molar-refractivity contribution in [2.24, 2.45) is 5.92 Å². The van der Waals surface area contributed by atoms with Crippen molar-refractivity contribution in [3.8, 4) is 0 Å². The molecule has 0 fully saturated rings. The number of fused-ring (bicyclic) bond motifs is 1. The molecule has 1 aliphatic rings. The van der Waals surface area contributed by atoms with Crippen LogP contribution in [0.2, 0.25) is 0 Å². The quantitative estimate of drug-likeness (QED) is 0.789. The van der Waals surface area contributed by atoms with E-state index in [2.05, 4.69) is 24.4 Å². The molecule has 0 aromatic heterocycles. The molecule has 2 atom stereocenters. The normalized spacial score (nSPS) is 15.2. The third kappa shape index (κ3) is 4.08. The van der Waals surface area contributed by atoms with Gasteiger partial charge >= 0.3 is 5.97 Å². The molecule has 1 aliphatic heterocycles. The highest BCUT2D eigenvalue weighted by atomic mass is 16.5. The van der Waals surface area contributed by atoms with E-state index >= 15 is 0 Å². The first-order valence-electron chi connectivity index (χ1n) is 8.70. The number of ether oxygens (including phenoxy) is 1. The molecule has 2 unspecified atom stereocenters. The van der Waals surface area contributed by atoms with E-state index in [1.807, 2.05) is 31.2 Å². The Kier molecular flexibility index (Phi) is 5.17. The van der Waals surface area contributed by atoms with Gasteiger partial charge in [-0.3, -0.25) is 4.79 Å². The lowest BCUT2D eigenvalue weighted by Gasteiger charge is -2.16. The molecule has 25 heavy (non-hydrogen) atoms. The van der Waals surface area contributed by atoms with Crippen LogP contribution < -0.4 is 5.32 Å². The first-order valence-corrected chi connectivity index (χ1v) is 8.70. The van der Waals surface area contributed by atoms with Crippen molar-refractivity contribution in [3.63, 3.8) is 0 Å². The van der Waals surface area contributed by atoms with Gasteiger partial charge in [0.25, 0.3) is 0 Å². The number of rotatable bonds is 6. The van der Waals surface area contributed by atoms with E-state index in [-0.39, 0.29) is 24.4 Å². The summed E-state index contributed by atoms with van der Waals surface area (Å²) in [5.74, 6) is 0.0681. The van der Waals surface area contributed by atoms with Crippen LogP contribution >= 0.6 is 0 Å². The molecule has 0 saturated heterocycles. The van der Waals surface area contributed by atoms with E-state index in [9.17, 15) is 9.59 Å². The standard InChI is InChI=1S/C21H23NO3/c1-14(16-6-4-3-5-7-16)8-9-15(2)20(23)22-18-10-11-19-17(12-18)13-25-21(19)24/h3-7,10-12,14-15H,8-9,13H2,1-2H3,(H,22,23). The Bertz CT molecular complexity index is 770. The molecule has 4 heteroatoms. The zero-order valence-electron chi connectivity index (χ0n) is 14.6. The van der Waals surface area contributed by atoms with Crippen LogP contribution in [-0.2, 0) is 16.1 Å². The maximum Gasteiger partial charge on any atom is 0.338 e. The molecule has 0 spiro atoms. The molecule has 2 aromatic rings. The molecule has 0 saturated carbocycles. The van der Waals surface area contributed by atoms with Gasteiger partial charge in [-0.15, -0.1) is 0 Å². The van der Waals surface area contributed by atoms with Crippen LogP contribution in [-0.4, -0.2) is 11.9 Å².